The standard InChI is InChI=1S/C14H20N2O3S/c1-9-13(10(2)19-15-9)6-18-12-3-4-16(5-12)14(17)11-7-20-8-11/h11-12H,3-8H2,1-2H3. The Morgan fingerprint density at radius 1 is 1.50 bits per heavy atom. The number of likely N-dealkylation sites (tertiary alicyclic amines) is 1. The van der Waals surface area contributed by atoms with Crippen LogP contribution < -0.4 is 0 Å². The smallest absolute Gasteiger partial charge is 0.227 e. The van der Waals surface area contributed by atoms with E-state index >= 15 is 0 Å². The van der Waals surface area contributed by atoms with E-state index in [1.165, 1.54) is 0 Å². The fourth-order valence-electron chi connectivity index (χ4n) is 2.61. The van der Waals surface area contributed by atoms with Gasteiger partial charge in [0.25, 0.3) is 0 Å². The van der Waals surface area contributed by atoms with Crippen LogP contribution in [0.15, 0.2) is 4.52 Å². The first kappa shape index (κ1) is 13.9. The van der Waals surface area contributed by atoms with Crippen LogP contribution in [0.5, 0.6) is 0 Å². The molecule has 0 N–H and O–H groups in total. The monoisotopic (exact) mass is 296 g/mol. The van der Waals surface area contributed by atoms with E-state index in [9.17, 15) is 4.79 Å². The lowest BCUT2D eigenvalue weighted by atomic mass is 10.2. The predicted molar refractivity (Wildman–Crippen MR) is 76.6 cm³/mol. The van der Waals surface area contributed by atoms with Crippen molar-refractivity contribution in [2.45, 2.75) is 33.0 Å². The number of aryl methyl sites for hydroxylation is 2. The van der Waals surface area contributed by atoms with Gasteiger partial charge >= 0.3 is 0 Å². The van der Waals surface area contributed by atoms with Crippen molar-refractivity contribution in [3.8, 4) is 0 Å². The molecule has 0 aliphatic carbocycles. The molecule has 3 rings (SSSR count). The van der Waals surface area contributed by atoms with E-state index in [1.807, 2.05) is 30.5 Å². The zero-order valence-electron chi connectivity index (χ0n) is 11.9. The first-order chi connectivity index (χ1) is 9.65. The van der Waals surface area contributed by atoms with Crippen LogP contribution in [0.4, 0.5) is 0 Å². The van der Waals surface area contributed by atoms with E-state index in [0.717, 1.165) is 48.0 Å². The number of carbonyl (C=O) groups excluding carboxylic acids is 1. The van der Waals surface area contributed by atoms with Gasteiger partial charge in [0.2, 0.25) is 5.91 Å². The molecule has 6 heteroatoms. The van der Waals surface area contributed by atoms with Crippen LogP contribution in [0.3, 0.4) is 0 Å². The van der Waals surface area contributed by atoms with Crippen LogP contribution in [0.1, 0.15) is 23.4 Å². The minimum absolute atomic E-state index is 0.139. The Morgan fingerprint density at radius 2 is 2.30 bits per heavy atom. The van der Waals surface area contributed by atoms with Crippen LogP contribution >= 0.6 is 11.8 Å². The minimum atomic E-state index is 0.139. The highest BCUT2D eigenvalue weighted by Crippen LogP contribution is 2.28. The molecule has 0 bridgehead atoms. The molecule has 1 aromatic heterocycles. The predicted octanol–water partition coefficient (Wildman–Crippen LogP) is 1.77. The number of nitrogens with zero attached hydrogens (tertiary/aromatic N) is 2. The first-order valence-electron chi connectivity index (χ1n) is 7.05. The molecule has 0 aromatic carbocycles. The number of amides is 1. The van der Waals surface area contributed by atoms with Crippen LogP contribution in [0.2, 0.25) is 0 Å². The van der Waals surface area contributed by atoms with E-state index in [1.54, 1.807) is 0 Å². The molecule has 1 amide bonds. The lowest BCUT2D eigenvalue weighted by Crippen LogP contribution is -2.40. The molecule has 0 spiro atoms. The molecule has 5 nitrogen and oxygen atoms in total. The molecular formula is C14H20N2O3S. The number of hydrogen-bond donors (Lipinski definition) is 0. The van der Waals surface area contributed by atoms with Gasteiger partial charge in [0.15, 0.2) is 0 Å². The second-order valence-electron chi connectivity index (χ2n) is 5.54. The molecule has 20 heavy (non-hydrogen) atoms. The summed E-state index contributed by atoms with van der Waals surface area (Å²) in [5, 5.41) is 3.92. The van der Waals surface area contributed by atoms with Crippen molar-refractivity contribution in [1.82, 2.24) is 10.1 Å². The summed E-state index contributed by atoms with van der Waals surface area (Å²) in [6.45, 7) is 5.90. The van der Waals surface area contributed by atoms with E-state index in [4.69, 9.17) is 9.26 Å². The number of aromatic nitrogens is 1. The van der Waals surface area contributed by atoms with Crippen molar-refractivity contribution < 1.29 is 14.1 Å². The number of hydrogen-bond acceptors (Lipinski definition) is 5. The summed E-state index contributed by atoms with van der Waals surface area (Å²) in [6.07, 6.45) is 1.06. The fraction of sp³-hybridized carbons (Fsp3) is 0.714. The van der Waals surface area contributed by atoms with Gasteiger partial charge in [-0.15, -0.1) is 0 Å². The average molecular weight is 296 g/mol. The van der Waals surface area contributed by atoms with Gasteiger partial charge in [-0.2, -0.15) is 11.8 Å². The Balaban J connectivity index is 1.49. The summed E-state index contributed by atoms with van der Waals surface area (Å²) in [5.41, 5.74) is 1.92. The van der Waals surface area contributed by atoms with Gasteiger partial charge in [0.05, 0.1) is 24.3 Å². The Bertz CT molecular complexity index is 479. The van der Waals surface area contributed by atoms with Crippen molar-refractivity contribution in [1.29, 1.82) is 0 Å². The van der Waals surface area contributed by atoms with Crippen LogP contribution in [-0.2, 0) is 16.1 Å². The molecule has 0 radical (unpaired) electrons. The summed E-state index contributed by atoms with van der Waals surface area (Å²) >= 11 is 1.85. The molecule has 1 unspecified atom stereocenters. The number of thioether (sulfide) groups is 1. The van der Waals surface area contributed by atoms with E-state index in [-0.39, 0.29) is 12.0 Å². The zero-order valence-corrected chi connectivity index (χ0v) is 12.7. The van der Waals surface area contributed by atoms with Crippen LogP contribution in [-0.4, -0.2) is 46.7 Å². The van der Waals surface area contributed by atoms with Gasteiger partial charge in [-0.3, -0.25) is 4.79 Å². The molecule has 3 heterocycles. The first-order valence-corrected chi connectivity index (χ1v) is 8.20. The average Bonchev–Trinajstić information content (AvgIpc) is 2.93. The summed E-state index contributed by atoms with van der Waals surface area (Å²) in [4.78, 5) is 14.1. The second kappa shape index (κ2) is 5.77. The van der Waals surface area contributed by atoms with Crippen LogP contribution in [0.25, 0.3) is 0 Å². The van der Waals surface area contributed by atoms with Gasteiger partial charge < -0.3 is 14.2 Å². The fourth-order valence-corrected chi connectivity index (χ4v) is 3.37. The number of ether oxygens (including phenoxy) is 1. The SMILES string of the molecule is Cc1noc(C)c1COC1CCN(C(=O)C2CSC2)C1. The number of rotatable bonds is 4. The van der Waals surface area contributed by atoms with Gasteiger partial charge in [0.1, 0.15) is 5.76 Å². The normalized spacial score (nSPS) is 23.1. The minimum Gasteiger partial charge on any atom is -0.371 e. The molecule has 2 fully saturated rings. The van der Waals surface area contributed by atoms with Crippen molar-refractivity contribution in [2.24, 2.45) is 5.92 Å². The number of carbonyl (C=O) groups is 1. The third-order valence-electron chi connectivity index (χ3n) is 4.09. The summed E-state index contributed by atoms with van der Waals surface area (Å²) < 4.78 is 11.0. The summed E-state index contributed by atoms with van der Waals surface area (Å²) in [5.74, 6) is 3.35. The molecule has 1 aromatic rings. The maximum atomic E-state index is 12.1. The molecule has 110 valence electrons. The van der Waals surface area contributed by atoms with Crippen molar-refractivity contribution >= 4 is 17.7 Å². The highest BCUT2D eigenvalue weighted by Gasteiger charge is 2.34. The summed E-state index contributed by atoms with van der Waals surface area (Å²) in [6, 6.07) is 0. The molecule has 0 saturated carbocycles. The zero-order chi connectivity index (χ0) is 14.1. The Kier molecular flexibility index (Phi) is 4.03. The molecule has 2 saturated heterocycles. The van der Waals surface area contributed by atoms with Crippen LogP contribution in [0, 0.1) is 19.8 Å². The molecule has 1 atom stereocenters. The van der Waals surface area contributed by atoms with Gasteiger partial charge in [-0.05, 0) is 20.3 Å². The molecule has 2 aliphatic rings. The maximum Gasteiger partial charge on any atom is 0.227 e. The largest absolute Gasteiger partial charge is 0.371 e. The topological polar surface area (TPSA) is 55.6 Å². The van der Waals surface area contributed by atoms with Crippen molar-refractivity contribution in [3.63, 3.8) is 0 Å². The Morgan fingerprint density at radius 3 is 2.90 bits per heavy atom. The van der Waals surface area contributed by atoms with Gasteiger partial charge in [0, 0.05) is 30.2 Å². The third-order valence-corrected chi connectivity index (χ3v) is 5.36. The van der Waals surface area contributed by atoms with Crippen molar-refractivity contribution in [3.05, 3.63) is 17.0 Å². The Labute approximate surface area is 123 Å². The van der Waals surface area contributed by atoms with Crippen molar-refractivity contribution in [2.75, 3.05) is 24.6 Å². The van der Waals surface area contributed by atoms with Gasteiger partial charge in [-0.25, -0.2) is 0 Å². The quantitative estimate of drug-likeness (QED) is 0.847. The third kappa shape index (κ3) is 2.72. The summed E-state index contributed by atoms with van der Waals surface area (Å²) in [7, 11) is 0. The van der Waals surface area contributed by atoms with Gasteiger partial charge in [-0.1, -0.05) is 5.16 Å². The molecular weight excluding hydrogens is 276 g/mol. The Hall–Kier alpha value is -1.01. The lowest BCUT2D eigenvalue weighted by Gasteiger charge is -2.28. The highest BCUT2D eigenvalue weighted by atomic mass is 32.2. The maximum absolute atomic E-state index is 12.1. The van der Waals surface area contributed by atoms with E-state index in [2.05, 4.69) is 5.16 Å². The second-order valence-corrected chi connectivity index (χ2v) is 6.62. The van der Waals surface area contributed by atoms with E-state index < -0.39 is 0 Å². The highest BCUT2D eigenvalue weighted by molar-refractivity contribution is 8.00. The lowest BCUT2D eigenvalue weighted by molar-refractivity contribution is -0.133. The molecule has 2 aliphatic heterocycles. The van der Waals surface area contributed by atoms with E-state index in [0.29, 0.717) is 12.5 Å².